The Kier molecular flexibility index (Phi) is 5.89. The summed E-state index contributed by atoms with van der Waals surface area (Å²) in [4.78, 5) is 18.4. The molecule has 0 spiro atoms. The van der Waals surface area contributed by atoms with E-state index in [0.717, 1.165) is 24.1 Å². The molecule has 0 aliphatic rings. The molecule has 0 saturated heterocycles. The first-order chi connectivity index (χ1) is 12.1. The number of hydrogen-bond acceptors (Lipinski definition) is 3. The van der Waals surface area contributed by atoms with Crippen LogP contribution in [0.5, 0.6) is 0 Å². The summed E-state index contributed by atoms with van der Waals surface area (Å²) in [5, 5.41) is 0.851. The summed E-state index contributed by atoms with van der Waals surface area (Å²) >= 11 is 1.84. The minimum absolute atomic E-state index is 0.149. The average molecular weight is 356 g/mol. The molecule has 0 fully saturated rings. The molecule has 1 heterocycles. The Labute approximate surface area is 150 Å². The van der Waals surface area contributed by atoms with E-state index < -0.39 is 0 Å². The lowest BCUT2D eigenvalue weighted by atomic mass is 10.1. The van der Waals surface area contributed by atoms with Crippen LogP contribution in [0.2, 0.25) is 0 Å². The maximum absolute atomic E-state index is 13.2. The van der Waals surface area contributed by atoms with Gasteiger partial charge in [-0.05, 0) is 67.6 Å². The minimum atomic E-state index is -0.344. The number of thioether (sulfide) groups is 1. The SMILES string of the molecule is CN(CCCSc1ccccc1)Cc1cc2ccc(F)cc2[nH]c1=O. The molecule has 3 rings (SSSR count). The molecule has 0 aliphatic heterocycles. The van der Waals surface area contributed by atoms with Crippen molar-refractivity contribution in [3.8, 4) is 0 Å². The van der Waals surface area contributed by atoms with Gasteiger partial charge in [0.25, 0.3) is 5.56 Å². The van der Waals surface area contributed by atoms with Gasteiger partial charge < -0.3 is 9.88 Å². The number of aromatic amines is 1. The van der Waals surface area contributed by atoms with Crippen LogP contribution in [0.25, 0.3) is 10.9 Å². The van der Waals surface area contributed by atoms with E-state index in [0.29, 0.717) is 17.6 Å². The first kappa shape index (κ1) is 17.7. The third-order valence-electron chi connectivity index (χ3n) is 4.02. The van der Waals surface area contributed by atoms with Crippen LogP contribution in [-0.2, 0) is 6.54 Å². The van der Waals surface area contributed by atoms with E-state index >= 15 is 0 Å². The van der Waals surface area contributed by atoms with Gasteiger partial charge in [-0.25, -0.2) is 4.39 Å². The maximum atomic E-state index is 13.2. The van der Waals surface area contributed by atoms with E-state index in [9.17, 15) is 9.18 Å². The molecule has 3 aromatic rings. The first-order valence-corrected chi connectivity index (χ1v) is 9.28. The largest absolute Gasteiger partial charge is 0.322 e. The Morgan fingerprint density at radius 1 is 1.12 bits per heavy atom. The molecule has 25 heavy (non-hydrogen) atoms. The fourth-order valence-corrected chi connectivity index (χ4v) is 3.61. The highest BCUT2D eigenvalue weighted by molar-refractivity contribution is 7.99. The van der Waals surface area contributed by atoms with Crippen molar-refractivity contribution in [1.29, 1.82) is 0 Å². The highest BCUT2D eigenvalue weighted by Gasteiger charge is 2.07. The summed E-state index contributed by atoms with van der Waals surface area (Å²) in [6, 6.07) is 16.7. The zero-order valence-electron chi connectivity index (χ0n) is 14.2. The van der Waals surface area contributed by atoms with Gasteiger partial charge in [0.15, 0.2) is 0 Å². The number of benzene rings is 2. The number of rotatable bonds is 7. The molecule has 0 unspecified atom stereocenters. The average Bonchev–Trinajstić information content (AvgIpc) is 2.60. The van der Waals surface area contributed by atoms with Crippen molar-refractivity contribution in [3.05, 3.63) is 76.3 Å². The van der Waals surface area contributed by atoms with Crippen LogP contribution in [0, 0.1) is 5.82 Å². The van der Waals surface area contributed by atoms with Crippen molar-refractivity contribution in [2.75, 3.05) is 19.3 Å². The van der Waals surface area contributed by atoms with Crippen molar-refractivity contribution in [2.45, 2.75) is 17.9 Å². The van der Waals surface area contributed by atoms with Gasteiger partial charge in [-0.3, -0.25) is 4.79 Å². The fourth-order valence-electron chi connectivity index (χ4n) is 2.75. The lowest BCUT2D eigenvalue weighted by Crippen LogP contribution is -2.24. The van der Waals surface area contributed by atoms with Crippen LogP contribution in [0.4, 0.5) is 4.39 Å². The topological polar surface area (TPSA) is 36.1 Å². The summed E-state index contributed by atoms with van der Waals surface area (Å²) in [6.07, 6.45) is 1.05. The van der Waals surface area contributed by atoms with Gasteiger partial charge in [0.1, 0.15) is 5.82 Å². The van der Waals surface area contributed by atoms with Crippen molar-refractivity contribution < 1.29 is 4.39 Å². The van der Waals surface area contributed by atoms with E-state index in [4.69, 9.17) is 0 Å². The normalized spacial score (nSPS) is 11.3. The molecule has 5 heteroatoms. The molecule has 130 valence electrons. The van der Waals surface area contributed by atoms with Gasteiger partial charge in [-0.15, -0.1) is 11.8 Å². The van der Waals surface area contributed by atoms with E-state index in [1.165, 1.54) is 17.0 Å². The third-order valence-corrected chi connectivity index (χ3v) is 5.12. The first-order valence-electron chi connectivity index (χ1n) is 8.30. The molecule has 1 aromatic heterocycles. The molecule has 0 bridgehead atoms. The van der Waals surface area contributed by atoms with Crippen molar-refractivity contribution in [2.24, 2.45) is 0 Å². The van der Waals surface area contributed by atoms with E-state index in [-0.39, 0.29) is 11.4 Å². The highest BCUT2D eigenvalue weighted by atomic mass is 32.2. The molecule has 0 amide bonds. The predicted molar refractivity (Wildman–Crippen MR) is 103 cm³/mol. The Hall–Kier alpha value is -2.11. The lowest BCUT2D eigenvalue weighted by Gasteiger charge is -2.16. The molecule has 3 nitrogen and oxygen atoms in total. The van der Waals surface area contributed by atoms with Crippen molar-refractivity contribution in [1.82, 2.24) is 9.88 Å². The number of H-pyrrole nitrogens is 1. The Balaban J connectivity index is 1.54. The summed E-state index contributed by atoms with van der Waals surface area (Å²) < 4.78 is 13.2. The standard InChI is InChI=1S/C20H21FN2OS/c1-23(10-5-11-25-18-6-3-2-4-7-18)14-16-12-15-8-9-17(21)13-19(15)22-20(16)24/h2-4,6-9,12-13H,5,10-11,14H2,1H3,(H,22,24). The number of hydrogen-bond donors (Lipinski definition) is 1. The number of nitrogens with one attached hydrogen (secondary N) is 1. The molecular weight excluding hydrogens is 335 g/mol. The van der Waals surface area contributed by atoms with E-state index in [1.807, 2.05) is 43.1 Å². The zero-order valence-corrected chi connectivity index (χ0v) is 15.0. The minimum Gasteiger partial charge on any atom is -0.322 e. The fraction of sp³-hybridized carbons (Fsp3) is 0.250. The molecule has 0 radical (unpaired) electrons. The van der Waals surface area contributed by atoms with Gasteiger partial charge >= 0.3 is 0 Å². The molecule has 0 atom stereocenters. The second kappa shape index (κ2) is 8.32. The summed E-state index contributed by atoms with van der Waals surface area (Å²) in [5.41, 5.74) is 1.09. The van der Waals surface area contributed by atoms with E-state index in [1.54, 1.807) is 6.07 Å². The molecule has 0 aliphatic carbocycles. The third kappa shape index (κ3) is 4.94. The quantitative estimate of drug-likeness (QED) is 0.507. The van der Waals surface area contributed by atoms with Gasteiger partial charge in [0.05, 0.1) is 5.52 Å². The van der Waals surface area contributed by atoms with Gasteiger partial charge in [0.2, 0.25) is 0 Å². The van der Waals surface area contributed by atoms with Crippen LogP contribution in [0.15, 0.2) is 64.3 Å². The second-order valence-electron chi connectivity index (χ2n) is 6.11. The van der Waals surface area contributed by atoms with E-state index in [2.05, 4.69) is 22.0 Å². The van der Waals surface area contributed by atoms with Crippen molar-refractivity contribution in [3.63, 3.8) is 0 Å². The summed E-state index contributed by atoms with van der Waals surface area (Å²) in [6.45, 7) is 1.50. The number of halogens is 1. The Morgan fingerprint density at radius 2 is 1.92 bits per heavy atom. The Morgan fingerprint density at radius 3 is 2.72 bits per heavy atom. The van der Waals surface area contributed by atoms with Crippen LogP contribution in [-0.4, -0.2) is 29.2 Å². The lowest BCUT2D eigenvalue weighted by molar-refractivity contribution is 0.327. The Bertz CT molecular complexity index is 895. The van der Waals surface area contributed by atoms with Crippen molar-refractivity contribution >= 4 is 22.7 Å². The number of aromatic nitrogens is 1. The van der Waals surface area contributed by atoms with Gasteiger partial charge in [-0.1, -0.05) is 18.2 Å². The zero-order chi connectivity index (χ0) is 17.6. The molecule has 1 N–H and O–H groups in total. The second-order valence-corrected chi connectivity index (χ2v) is 7.28. The summed E-state index contributed by atoms with van der Waals surface area (Å²) in [5.74, 6) is 0.700. The van der Waals surface area contributed by atoms with Crippen LogP contribution >= 0.6 is 11.8 Å². The monoisotopic (exact) mass is 356 g/mol. The smallest absolute Gasteiger partial charge is 0.252 e. The van der Waals surface area contributed by atoms with Crippen LogP contribution in [0.1, 0.15) is 12.0 Å². The number of nitrogens with zero attached hydrogens (tertiary/aromatic N) is 1. The van der Waals surface area contributed by atoms with Crippen LogP contribution < -0.4 is 5.56 Å². The number of fused-ring (bicyclic) bond motifs is 1. The molecule has 0 saturated carbocycles. The van der Waals surface area contributed by atoms with Gasteiger partial charge in [0, 0.05) is 17.0 Å². The predicted octanol–water partition coefficient (Wildman–Crippen LogP) is 4.28. The molecule has 2 aromatic carbocycles. The summed E-state index contributed by atoms with van der Waals surface area (Å²) in [7, 11) is 2.02. The van der Waals surface area contributed by atoms with Crippen LogP contribution in [0.3, 0.4) is 0 Å². The number of pyridine rings is 1. The maximum Gasteiger partial charge on any atom is 0.252 e. The molecular formula is C20H21FN2OS. The highest BCUT2D eigenvalue weighted by Crippen LogP contribution is 2.18. The van der Waals surface area contributed by atoms with Gasteiger partial charge in [-0.2, -0.15) is 0 Å².